The molecule has 0 atom stereocenters. The molecule has 3 aromatic rings. The van der Waals surface area contributed by atoms with Crippen LogP contribution in [-0.4, -0.2) is 17.2 Å². The fourth-order valence-electron chi connectivity index (χ4n) is 2.20. The quantitative estimate of drug-likeness (QED) is 0.788. The fourth-order valence-corrected chi connectivity index (χ4v) is 2.20. The number of aromatic hydroxyl groups is 1. The van der Waals surface area contributed by atoms with Crippen molar-refractivity contribution in [2.24, 2.45) is 0 Å². The zero-order valence-corrected chi connectivity index (χ0v) is 12.1. The molecule has 0 amide bonds. The Morgan fingerprint density at radius 3 is 2.59 bits per heavy atom. The number of benzene rings is 2. The number of pyridine rings is 1. The van der Waals surface area contributed by atoms with Gasteiger partial charge in [-0.3, -0.25) is 4.98 Å². The fraction of sp³-hybridized carbons (Fsp3) is 0.118. The van der Waals surface area contributed by atoms with Crippen molar-refractivity contribution < 1.29 is 19.0 Å². The Labute approximate surface area is 126 Å². The number of phenolic OH excluding ortho intramolecular Hbond substituents is 1. The van der Waals surface area contributed by atoms with Crippen molar-refractivity contribution in [3.05, 3.63) is 54.0 Å². The summed E-state index contributed by atoms with van der Waals surface area (Å²) in [6.07, 6.45) is 1.54. The van der Waals surface area contributed by atoms with Crippen LogP contribution in [0, 0.1) is 12.7 Å². The van der Waals surface area contributed by atoms with Crippen molar-refractivity contribution in [1.82, 2.24) is 4.98 Å². The third-order valence-electron chi connectivity index (χ3n) is 3.31. The van der Waals surface area contributed by atoms with Crippen LogP contribution in [0.4, 0.5) is 4.39 Å². The van der Waals surface area contributed by atoms with Crippen molar-refractivity contribution in [1.29, 1.82) is 0 Å². The summed E-state index contributed by atoms with van der Waals surface area (Å²) >= 11 is 0. The lowest BCUT2D eigenvalue weighted by Gasteiger charge is -2.11. The predicted molar refractivity (Wildman–Crippen MR) is 81.2 cm³/mol. The van der Waals surface area contributed by atoms with Crippen molar-refractivity contribution in [2.45, 2.75) is 6.92 Å². The second kappa shape index (κ2) is 5.52. The highest BCUT2D eigenvalue weighted by Crippen LogP contribution is 2.36. The first-order valence-electron chi connectivity index (χ1n) is 6.68. The van der Waals surface area contributed by atoms with Crippen LogP contribution in [0.15, 0.2) is 42.6 Å². The Balaban J connectivity index is 2.10. The standard InChI is InChI=1S/C17H14FNO3/c1-10-3-4-16(12(18)7-10)22-15-5-6-19-13-9-14(20)17(21-2)8-11(13)15/h3-9,20H,1-2H3. The van der Waals surface area contributed by atoms with Gasteiger partial charge in [-0.25, -0.2) is 4.39 Å². The third kappa shape index (κ3) is 2.53. The number of methoxy groups -OCH3 is 1. The lowest BCUT2D eigenvalue weighted by molar-refractivity contribution is 0.374. The van der Waals surface area contributed by atoms with Crippen LogP contribution in [0.5, 0.6) is 23.0 Å². The predicted octanol–water partition coefficient (Wildman–Crippen LogP) is 4.19. The summed E-state index contributed by atoms with van der Waals surface area (Å²) in [5.41, 5.74) is 1.35. The van der Waals surface area contributed by atoms with Crippen molar-refractivity contribution in [3.8, 4) is 23.0 Å². The Bertz CT molecular complexity index is 849. The Kier molecular flexibility index (Phi) is 3.55. The number of hydrogen-bond acceptors (Lipinski definition) is 4. The van der Waals surface area contributed by atoms with Crippen molar-refractivity contribution >= 4 is 10.9 Å². The number of aromatic nitrogens is 1. The maximum absolute atomic E-state index is 13.9. The number of ether oxygens (including phenoxy) is 2. The van der Waals surface area contributed by atoms with Gasteiger partial charge in [0.15, 0.2) is 23.1 Å². The van der Waals surface area contributed by atoms with Crippen LogP contribution < -0.4 is 9.47 Å². The summed E-state index contributed by atoms with van der Waals surface area (Å²) in [6.45, 7) is 1.81. The van der Waals surface area contributed by atoms with E-state index in [1.807, 2.05) is 6.92 Å². The van der Waals surface area contributed by atoms with E-state index in [-0.39, 0.29) is 11.5 Å². The Hall–Kier alpha value is -2.82. The van der Waals surface area contributed by atoms with E-state index < -0.39 is 5.82 Å². The third-order valence-corrected chi connectivity index (χ3v) is 3.31. The van der Waals surface area contributed by atoms with Crippen LogP contribution in [0.1, 0.15) is 5.56 Å². The lowest BCUT2D eigenvalue weighted by Crippen LogP contribution is -1.92. The van der Waals surface area contributed by atoms with Gasteiger partial charge in [0.05, 0.1) is 12.6 Å². The molecule has 0 aliphatic carbocycles. The first-order valence-corrected chi connectivity index (χ1v) is 6.68. The monoisotopic (exact) mass is 299 g/mol. The molecule has 0 spiro atoms. The normalized spacial score (nSPS) is 10.7. The van der Waals surface area contributed by atoms with Crippen LogP contribution in [0.25, 0.3) is 10.9 Å². The van der Waals surface area contributed by atoms with E-state index in [4.69, 9.17) is 9.47 Å². The number of rotatable bonds is 3. The van der Waals surface area contributed by atoms with E-state index in [0.29, 0.717) is 22.4 Å². The highest BCUT2D eigenvalue weighted by atomic mass is 19.1. The second-order valence-electron chi connectivity index (χ2n) is 4.89. The molecule has 0 bridgehead atoms. The number of fused-ring (bicyclic) bond motifs is 1. The first kappa shape index (κ1) is 14.1. The molecule has 0 aliphatic rings. The minimum absolute atomic E-state index is 0.0128. The summed E-state index contributed by atoms with van der Waals surface area (Å²) in [4.78, 5) is 4.17. The molecular weight excluding hydrogens is 285 g/mol. The topological polar surface area (TPSA) is 51.6 Å². The molecule has 0 fully saturated rings. The minimum Gasteiger partial charge on any atom is -0.504 e. The maximum Gasteiger partial charge on any atom is 0.165 e. The number of phenols is 1. The molecule has 2 aromatic carbocycles. The largest absolute Gasteiger partial charge is 0.504 e. The van der Waals surface area contributed by atoms with Gasteiger partial charge in [-0.1, -0.05) is 6.07 Å². The molecule has 1 heterocycles. The average Bonchev–Trinajstić information content (AvgIpc) is 2.49. The highest BCUT2D eigenvalue weighted by Gasteiger charge is 2.12. The zero-order valence-electron chi connectivity index (χ0n) is 12.1. The van der Waals surface area contributed by atoms with Gasteiger partial charge in [-0.2, -0.15) is 0 Å². The van der Waals surface area contributed by atoms with E-state index in [2.05, 4.69) is 4.98 Å². The van der Waals surface area contributed by atoms with E-state index in [1.54, 1.807) is 24.3 Å². The van der Waals surface area contributed by atoms with Gasteiger partial charge in [-0.15, -0.1) is 0 Å². The Morgan fingerprint density at radius 1 is 1.05 bits per heavy atom. The summed E-state index contributed by atoms with van der Waals surface area (Å²) in [7, 11) is 1.46. The zero-order chi connectivity index (χ0) is 15.7. The van der Waals surface area contributed by atoms with Gasteiger partial charge >= 0.3 is 0 Å². The molecular formula is C17H14FNO3. The number of hydrogen-bond donors (Lipinski definition) is 1. The molecule has 3 rings (SSSR count). The van der Waals surface area contributed by atoms with Gasteiger partial charge in [0.25, 0.3) is 0 Å². The molecule has 1 N–H and O–H groups in total. The van der Waals surface area contributed by atoms with Crippen LogP contribution in [0.3, 0.4) is 0 Å². The van der Waals surface area contributed by atoms with Gasteiger partial charge in [0.2, 0.25) is 0 Å². The summed E-state index contributed by atoms with van der Waals surface area (Å²) in [5, 5.41) is 10.4. The second-order valence-corrected chi connectivity index (χ2v) is 4.89. The van der Waals surface area contributed by atoms with Crippen LogP contribution in [0.2, 0.25) is 0 Å². The van der Waals surface area contributed by atoms with Crippen LogP contribution >= 0.6 is 0 Å². The number of aryl methyl sites for hydroxylation is 1. The van der Waals surface area contributed by atoms with Gasteiger partial charge < -0.3 is 14.6 Å². The smallest absolute Gasteiger partial charge is 0.165 e. The van der Waals surface area contributed by atoms with Crippen molar-refractivity contribution in [3.63, 3.8) is 0 Å². The average molecular weight is 299 g/mol. The molecule has 4 nitrogen and oxygen atoms in total. The number of nitrogens with zero attached hydrogens (tertiary/aromatic N) is 1. The molecule has 0 radical (unpaired) electrons. The minimum atomic E-state index is -0.435. The lowest BCUT2D eigenvalue weighted by atomic mass is 10.1. The summed E-state index contributed by atoms with van der Waals surface area (Å²) < 4.78 is 24.7. The molecule has 0 unspecified atom stereocenters. The molecule has 22 heavy (non-hydrogen) atoms. The van der Waals surface area contributed by atoms with Crippen LogP contribution in [-0.2, 0) is 0 Å². The molecule has 0 saturated heterocycles. The molecule has 5 heteroatoms. The Morgan fingerprint density at radius 2 is 1.86 bits per heavy atom. The van der Waals surface area contributed by atoms with E-state index in [0.717, 1.165) is 5.56 Å². The molecule has 1 aromatic heterocycles. The van der Waals surface area contributed by atoms with E-state index >= 15 is 0 Å². The molecule has 0 aliphatic heterocycles. The van der Waals surface area contributed by atoms with Gasteiger partial charge in [-0.05, 0) is 36.8 Å². The first-order chi connectivity index (χ1) is 10.6. The SMILES string of the molecule is COc1cc2c(Oc3ccc(C)cc3F)ccnc2cc1O. The maximum atomic E-state index is 13.9. The van der Waals surface area contributed by atoms with E-state index in [1.165, 1.54) is 25.4 Å². The molecule has 112 valence electrons. The highest BCUT2D eigenvalue weighted by molar-refractivity contribution is 5.88. The number of halogens is 1. The van der Waals surface area contributed by atoms with Crippen molar-refractivity contribution in [2.75, 3.05) is 7.11 Å². The summed E-state index contributed by atoms with van der Waals surface area (Å²) in [6, 6.07) is 9.48. The molecule has 0 saturated carbocycles. The summed E-state index contributed by atoms with van der Waals surface area (Å²) in [5.74, 6) is 0.419. The van der Waals surface area contributed by atoms with Gasteiger partial charge in [0.1, 0.15) is 5.75 Å². The van der Waals surface area contributed by atoms with Gasteiger partial charge in [0, 0.05) is 17.6 Å². The van der Waals surface area contributed by atoms with E-state index in [9.17, 15) is 9.50 Å².